The van der Waals surface area contributed by atoms with Crippen LogP contribution in [0.2, 0.25) is 0 Å². The van der Waals surface area contributed by atoms with E-state index in [1.165, 1.54) is 11.3 Å². The molecule has 1 saturated heterocycles. The van der Waals surface area contributed by atoms with Gasteiger partial charge in [0.05, 0.1) is 11.6 Å². The summed E-state index contributed by atoms with van der Waals surface area (Å²) < 4.78 is 0. The molecule has 0 unspecified atom stereocenters. The Morgan fingerprint density at radius 3 is 2.58 bits per heavy atom. The number of anilines is 1. The van der Waals surface area contributed by atoms with E-state index in [1.807, 2.05) is 31.3 Å². The number of nitriles is 1. The van der Waals surface area contributed by atoms with Gasteiger partial charge in [-0.3, -0.25) is 4.99 Å². The Balaban J connectivity index is 1.56. The normalized spacial score (nSPS) is 14.9. The summed E-state index contributed by atoms with van der Waals surface area (Å²) >= 11 is 0. The van der Waals surface area contributed by atoms with Crippen molar-refractivity contribution in [3.8, 4) is 6.07 Å². The topological polar surface area (TPSA) is 54.7 Å². The van der Waals surface area contributed by atoms with Crippen molar-refractivity contribution in [3.63, 3.8) is 0 Å². The lowest BCUT2D eigenvalue weighted by Crippen LogP contribution is -2.52. The van der Waals surface area contributed by atoms with Crippen LogP contribution in [0.15, 0.2) is 53.5 Å². The van der Waals surface area contributed by atoms with E-state index in [9.17, 15) is 0 Å². The van der Waals surface area contributed by atoms with Crippen molar-refractivity contribution in [1.82, 2.24) is 10.2 Å². The first kappa shape index (κ1) is 17.8. The maximum Gasteiger partial charge on any atom is 0.194 e. The molecule has 0 bridgehead atoms. The van der Waals surface area contributed by atoms with E-state index in [1.54, 1.807) is 0 Å². The molecule has 0 amide bonds. The molecule has 1 fully saturated rings. The standard InChI is InChI=1S/C21H25N5/c1-17-5-3-8-20(13-17)25-9-11-26(12-10-25)21(23-2)24-16-19-7-4-6-18(14-19)15-22/h3-8,13-14H,9-12,16H2,1-2H3,(H,23,24). The number of nitrogens with zero attached hydrogens (tertiary/aromatic N) is 4. The number of aliphatic imine (C=N–C) groups is 1. The monoisotopic (exact) mass is 347 g/mol. The molecule has 0 radical (unpaired) electrons. The number of guanidine groups is 1. The van der Waals surface area contributed by atoms with Gasteiger partial charge in [0.15, 0.2) is 5.96 Å². The second-order valence-electron chi connectivity index (χ2n) is 6.53. The molecule has 1 aliphatic heterocycles. The summed E-state index contributed by atoms with van der Waals surface area (Å²) in [6, 6.07) is 18.5. The van der Waals surface area contributed by atoms with Gasteiger partial charge in [0.25, 0.3) is 0 Å². The van der Waals surface area contributed by atoms with Crippen LogP contribution in [0.5, 0.6) is 0 Å². The van der Waals surface area contributed by atoms with E-state index in [-0.39, 0.29) is 0 Å². The Kier molecular flexibility index (Phi) is 5.75. The van der Waals surface area contributed by atoms with Crippen LogP contribution in [0, 0.1) is 18.3 Å². The Bertz CT molecular complexity index is 813. The molecular formula is C21H25N5. The molecule has 5 nitrogen and oxygen atoms in total. The average Bonchev–Trinajstić information content (AvgIpc) is 2.69. The summed E-state index contributed by atoms with van der Waals surface area (Å²) in [6.07, 6.45) is 0. The summed E-state index contributed by atoms with van der Waals surface area (Å²) in [5, 5.41) is 12.4. The highest BCUT2D eigenvalue weighted by Crippen LogP contribution is 2.17. The first-order valence-corrected chi connectivity index (χ1v) is 8.96. The largest absolute Gasteiger partial charge is 0.368 e. The van der Waals surface area contributed by atoms with Crippen molar-refractivity contribution in [2.75, 3.05) is 38.1 Å². The molecule has 5 heteroatoms. The van der Waals surface area contributed by atoms with Gasteiger partial charge in [-0.15, -0.1) is 0 Å². The zero-order chi connectivity index (χ0) is 18.4. The molecule has 134 valence electrons. The van der Waals surface area contributed by atoms with Crippen molar-refractivity contribution in [1.29, 1.82) is 5.26 Å². The van der Waals surface area contributed by atoms with E-state index in [4.69, 9.17) is 5.26 Å². The minimum Gasteiger partial charge on any atom is -0.368 e. The minimum atomic E-state index is 0.667. The third-order valence-corrected chi connectivity index (χ3v) is 4.66. The molecule has 0 aliphatic carbocycles. The van der Waals surface area contributed by atoms with Crippen LogP contribution >= 0.6 is 0 Å². The SMILES string of the molecule is CN=C(NCc1cccc(C#N)c1)N1CCN(c2cccc(C)c2)CC1. The van der Waals surface area contributed by atoms with E-state index in [2.05, 4.69) is 57.4 Å². The molecule has 1 aliphatic rings. The van der Waals surface area contributed by atoms with Gasteiger partial charge in [0.2, 0.25) is 0 Å². The lowest BCUT2D eigenvalue weighted by Gasteiger charge is -2.37. The van der Waals surface area contributed by atoms with Gasteiger partial charge in [-0.25, -0.2) is 0 Å². The third-order valence-electron chi connectivity index (χ3n) is 4.66. The highest BCUT2D eigenvalue weighted by molar-refractivity contribution is 5.80. The van der Waals surface area contributed by atoms with E-state index in [0.717, 1.165) is 37.7 Å². The van der Waals surface area contributed by atoms with Gasteiger partial charge in [0.1, 0.15) is 0 Å². The first-order valence-electron chi connectivity index (χ1n) is 8.96. The van der Waals surface area contributed by atoms with Gasteiger partial charge >= 0.3 is 0 Å². The Morgan fingerprint density at radius 1 is 1.12 bits per heavy atom. The van der Waals surface area contributed by atoms with Crippen LogP contribution in [0.3, 0.4) is 0 Å². The summed E-state index contributed by atoms with van der Waals surface area (Å²) in [5.74, 6) is 0.913. The van der Waals surface area contributed by atoms with Crippen LogP contribution in [0.25, 0.3) is 0 Å². The van der Waals surface area contributed by atoms with Crippen molar-refractivity contribution >= 4 is 11.6 Å². The maximum atomic E-state index is 9.02. The summed E-state index contributed by atoms with van der Waals surface area (Å²) in [7, 11) is 1.82. The number of nitrogens with one attached hydrogen (secondary N) is 1. The predicted molar refractivity (Wildman–Crippen MR) is 106 cm³/mol. The molecule has 0 aromatic heterocycles. The lowest BCUT2D eigenvalue weighted by molar-refractivity contribution is 0.372. The number of aryl methyl sites for hydroxylation is 1. The van der Waals surface area contributed by atoms with Gasteiger partial charge in [-0.05, 0) is 42.3 Å². The van der Waals surface area contributed by atoms with Gasteiger partial charge in [-0.2, -0.15) is 5.26 Å². The van der Waals surface area contributed by atoms with Crippen LogP contribution in [0.1, 0.15) is 16.7 Å². The van der Waals surface area contributed by atoms with Crippen molar-refractivity contribution < 1.29 is 0 Å². The van der Waals surface area contributed by atoms with Crippen molar-refractivity contribution in [2.24, 2.45) is 4.99 Å². The van der Waals surface area contributed by atoms with Crippen LogP contribution in [-0.2, 0) is 6.54 Å². The molecule has 0 saturated carbocycles. The second kappa shape index (κ2) is 8.39. The Morgan fingerprint density at radius 2 is 1.88 bits per heavy atom. The molecule has 26 heavy (non-hydrogen) atoms. The molecular weight excluding hydrogens is 322 g/mol. The summed E-state index contributed by atoms with van der Waals surface area (Å²) in [4.78, 5) is 9.15. The van der Waals surface area contributed by atoms with Gasteiger partial charge in [-0.1, -0.05) is 24.3 Å². The fourth-order valence-corrected chi connectivity index (χ4v) is 3.27. The first-order chi connectivity index (χ1) is 12.7. The lowest BCUT2D eigenvalue weighted by atomic mass is 10.1. The Hall–Kier alpha value is -3.00. The number of hydrogen-bond acceptors (Lipinski definition) is 3. The van der Waals surface area contributed by atoms with E-state index >= 15 is 0 Å². The fraction of sp³-hybridized carbons (Fsp3) is 0.333. The van der Waals surface area contributed by atoms with Crippen molar-refractivity contribution in [3.05, 3.63) is 65.2 Å². The zero-order valence-electron chi connectivity index (χ0n) is 15.4. The van der Waals surface area contributed by atoms with E-state index in [0.29, 0.717) is 12.1 Å². The Labute approximate surface area is 155 Å². The molecule has 2 aromatic carbocycles. The third kappa shape index (κ3) is 4.34. The van der Waals surface area contributed by atoms with Gasteiger partial charge < -0.3 is 15.1 Å². The molecule has 1 heterocycles. The molecule has 3 rings (SSSR count). The fourth-order valence-electron chi connectivity index (χ4n) is 3.27. The summed E-state index contributed by atoms with van der Waals surface area (Å²) in [6.45, 7) is 6.63. The zero-order valence-corrected chi connectivity index (χ0v) is 15.4. The molecule has 2 aromatic rings. The minimum absolute atomic E-state index is 0.667. The average molecular weight is 347 g/mol. The second-order valence-corrected chi connectivity index (χ2v) is 6.53. The number of hydrogen-bond donors (Lipinski definition) is 1. The molecule has 0 atom stereocenters. The number of piperazine rings is 1. The predicted octanol–water partition coefficient (Wildman–Crippen LogP) is 2.76. The number of benzene rings is 2. The quantitative estimate of drug-likeness (QED) is 0.685. The van der Waals surface area contributed by atoms with Crippen LogP contribution < -0.4 is 10.2 Å². The summed E-state index contributed by atoms with van der Waals surface area (Å²) in [5.41, 5.74) is 4.36. The van der Waals surface area contributed by atoms with Gasteiger partial charge in [0, 0.05) is 45.5 Å². The van der Waals surface area contributed by atoms with Crippen LogP contribution in [-0.4, -0.2) is 44.1 Å². The smallest absolute Gasteiger partial charge is 0.194 e. The molecule has 0 spiro atoms. The maximum absolute atomic E-state index is 9.02. The highest BCUT2D eigenvalue weighted by Gasteiger charge is 2.19. The van der Waals surface area contributed by atoms with Crippen LogP contribution in [0.4, 0.5) is 5.69 Å². The molecule has 1 N–H and O–H groups in total. The van der Waals surface area contributed by atoms with Crippen molar-refractivity contribution in [2.45, 2.75) is 13.5 Å². The van der Waals surface area contributed by atoms with E-state index < -0.39 is 0 Å². The number of rotatable bonds is 3. The highest BCUT2D eigenvalue weighted by atomic mass is 15.3.